The molecule has 1 amide bonds. The van der Waals surface area contributed by atoms with Gasteiger partial charge in [-0.1, -0.05) is 23.8 Å². The largest absolute Gasteiger partial charge is 0.454 e. The molecule has 0 spiro atoms. The van der Waals surface area contributed by atoms with Gasteiger partial charge in [-0.25, -0.2) is 0 Å². The molecule has 2 N–H and O–H groups in total. The Morgan fingerprint density at radius 3 is 2.96 bits per heavy atom. The molecule has 0 saturated carbocycles. The number of fused-ring (bicyclic) bond motifs is 2. The van der Waals surface area contributed by atoms with E-state index in [2.05, 4.69) is 35.8 Å². The molecule has 0 saturated heterocycles. The molecule has 0 aliphatic carbocycles. The SMILES string of the molecule is Cc1ccc2c(c1)CNCC2NC(=O)c1ccc2c(c1)OCO2. The molecule has 0 fully saturated rings. The van der Waals surface area contributed by atoms with Gasteiger partial charge in [-0.15, -0.1) is 0 Å². The normalized spacial score (nSPS) is 18.4. The van der Waals surface area contributed by atoms with Crippen LogP contribution in [0.15, 0.2) is 36.4 Å². The third-order valence-corrected chi connectivity index (χ3v) is 4.28. The Labute approximate surface area is 134 Å². The Kier molecular flexibility index (Phi) is 3.42. The number of carbonyl (C=O) groups excluding carboxylic acids is 1. The van der Waals surface area contributed by atoms with Crippen LogP contribution in [0.2, 0.25) is 0 Å². The average Bonchev–Trinajstić information content (AvgIpc) is 3.02. The van der Waals surface area contributed by atoms with E-state index >= 15 is 0 Å². The van der Waals surface area contributed by atoms with Gasteiger partial charge in [0.25, 0.3) is 5.91 Å². The first-order valence-electron chi connectivity index (χ1n) is 7.71. The Balaban J connectivity index is 1.56. The van der Waals surface area contributed by atoms with Gasteiger partial charge in [0.2, 0.25) is 6.79 Å². The van der Waals surface area contributed by atoms with E-state index in [1.807, 2.05) is 0 Å². The van der Waals surface area contributed by atoms with Crippen molar-refractivity contribution in [2.24, 2.45) is 0 Å². The van der Waals surface area contributed by atoms with Crippen LogP contribution in [-0.4, -0.2) is 19.2 Å². The zero-order valence-electron chi connectivity index (χ0n) is 12.9. The standard InChI is InChI=1S/C18H18N2O3/c1-11-2-4-14-13(6-11)8-19-9-15(14)20-18(21)12-3-5-16-17(7-12)23-10-22-16/h2-7,15,19H,8-10H2,1H3,(H,20,21). The number of ether oxygens (including phenoxy) is 2. The molecule has 1 unspecified atom stereocenters. The Bertz CT molecular complexity index is 773. The molecule has 5 heteroatoms. The number of hydrogen-bond acceptors (Lipinski definition) is 4. The summed E-state index contributed by atoms with van der Waals surface area (Å²) in [6.45, 7) is 3.86. The van der Waals surface area contributed by atoms with Crippen molar-refractivity contribution in [3.63, 3.8) is 0 Å². The quantitative estimate of drug-likeness (QED) is 0.893. The number of rotatable bonds is 2. The van der Waals surface area contributed by atoms with Gasteiger partial charge in [0.1, 0.15) is 0 Å². The van der Waals surface area contributed by atoms with Crippen molar-refractivity contribution in [2.45, 2.75) is 19.5 Å². The lowest BCUT2D eigenvalue weighted by molar-refractivity contribution is 0.0934. The van der Waals surface area contributed by atoms with Crippen molar-refractivity contribution < 1.29 is 14.3 Å². The molecular weight excluding hydrogens is 292 g/mol. The highest BCUT2D eigenvalue weighted by molar-refractivity contribution is 5.95. The van der Waals surface area contributed by atoms with Crippen LogP contribution in [0.5, 0.6) is 11.5 Å². The van der Waals surface area contributed by atoms with Gasteiger partial charge in [-0.2, -0.15) is 0 Å². The van der Waals surface area contributed by atoms with Gasteiger partial charge in [0.15, 0.2) is 11.5 Å². The van der Waals surface area contributed by atoms with Gasteiger partial charge in [0, 0.05) is 18.7 Å². The third-order valence-electron chi connectivity index (χ3n) is 4.28. The highest BCUT2D eigenvalue weighted by Gasteiger charge is 2.23. The molecule has 0 bridgehead atoms. The van der Waals surface area contributed by atoms with E-state index in [4.69, 9.17) is 9.47 Å². The molecule has 1 atom stereocenters. The van der Waals surface area contributed by atoms with Crippen LogP contribution in [0.1, 0.15) is 33.1 Å². The fourth-order valence-electron chi connectivity index (χ4n) is 3.10. The molecule has 2 aromatic carbocycles. The molecule has 23 heavy (non-hydrogen) atoms. The number of benzene rings is 2. The zero-order chi connectivity index (χ0) is 15.8. The molecule has 4 rings (SSSR count). The number of aryl methyl sites for hydroxylation is 1. The van der Waals surface area contributed by atoms with E-state index in [1.54, 1.807) is 18.2 Å². The minimum absolute atomic E-state index is 0.0303. The number of amides is 1. The maximum atomic E-state index is 12.6. The second-order valence-electron chi connectivity index (χ2n) is 5.93. The molecule has 5 nitrogen and oxygen atoms in total. The smallest absolute Gasteiger partial charge is 0.251 e. The van der Waals surface area contributed by atoms with E-state index < -0.39 is 0 Å². The van der Waals surface area contributed by atoms with Gasteiger partial charge in [-0.3, -0.25) is 4.79 Å². The van der Waals surface area contributed by atoms with Crippen molar-refractivity contribution >= 4 is 5.91 Å². The summed E-state index contributed by atoms with van der Waals surface area (Å²) in [5.74, 6) is 1.20. The zero-order valence-corrected chi connectivity index (χ0v) is 12.9. The summed E-state index contributed by atoms with van der Waals surface area (Å²) in [5, 5.41) is 6.46. The lowest BCUT2D eigenvalue weighted by atomic mass is 9.94. The topological polar surface area (TPSA) is 59.6 Å². The Hall–Kier alpha value is -2.53. The monoisotopic (exact) mass is 310 g/mol. The minimum Gasteiger partial charge on any atom is -0.454 e. The summed E-state index contributed by atoms with van der Waals surface area (Å²) in [6, 6.07) is 11.6. The van der Waals surface area contributed by atoms with Gasteiger partial charge >= 0.3 is 0 Å². The van der Waals surface area contributed by atoms with Crippen LogP contribution < -0.4 is 20.1 Å². The molecule has 2 aromatic rings. The van der Waals surface area contributed by atoms with Crippen molar-refractivity contribution in [3.05, 3.63) is 58.7 Å². The Morgan fingerprint density at radius 1 is 1.17 bits per heavy atom. The first-order valence-corrected chi connectivity index (χ1v) is 7.71. The molecular formula is C18H18N2O3. The maximum Gasteiger partial charge on any atom is 0.251 e. The molecule has 0 aromatic heterocycles. The fourth-order valence-corrected chi connectivity index (χ4v) is 3.10. The lowest BCUT2D eigenvalue weighted by Crippen LogP contribution is -2.39. The maximum absolute atomic E-state index is 12.6. The van der Waals surface area contributed by atoms with Crippen LogP contribution in [0.25, 0.3) is 0 Å². The van der Waals surface area contributed by atoms with E-state index in [0.29, 0.717) is 17.1 Å². The van der Waals surface area contributed by atoms with Gasteiger partial charge in [0.05, 0.1) is 6.04 Å². The molecule has 2 heterocycles. The van der Waals surface area contributed by atoms with E-state index in [9.17, 15) is 4.79 Å². The van der Waals surface area contributed by atoms with Crippen LogP contribution in [0.3, 0.4) is 0 Å². The van der Waals surface area contributed by atoms with Crippen LogP contribution in [0, 0.1) is 6.92 Å². The summed E-state index contributed by atoms with van der Waals surface area (Å²) < 4.78 is 10.6. The highest BCUT2D eigenvalue weighted by atomic mass is 16.7. The molecule has 2 aliphatic heterocycles. The summed E-state index contributed by atoms with van der Waals surface area (Å²) in [7, 11) is 0. The molecule has 118 valence electrons. The van der Waals surface area contributed by atoms with Crippen molar-refractivity contribution in [1.29, 1.82) is 0 Å². The third kappa shape index (κ3) is 2.64. The second-order valence-corrected chi connectivity index (χ2v) is 5.93. The summed E-state index contributed by atoms with van der Waals surface area (Å²) >= 11 is 0. The van der Waals surface area contributed by atoms with Crippen LogP contribution in [-0.2, 0) is 6.54 Å². The predicted molar refractivity (Wildman–Crippen MR) is 85.7 cm³/mol. The number of carbonyl (C=O) groups is 1. The van der Waals surface area contributed by atoms with Crippen LogP contribution in [0.4, 0.5) is 0 Å². The summed E-state index contributed by atoms with van der Waals surface area (Å²) in [4.78, 5) is 12.6. The summed E-state index contributed by atoms with van der Waals surface area (Å²) in [6.07, 6.45) is 0. The first kappa shape index (κ1) is 14.1. The van der Waals surface area contributed by atoms with Crippen molar-refractivity contribution in [3.8, 4) is 11.5 Å². The minimum atomic E-state index is -0.108. The lowest BCUT2D eigenvalue weighted by Gasteiger charge is -2.27. The highest BCUT2D eigenvalue weighted by Crippen LogP contribution is 2.32. The number of nitrogens with one attached hydrogen (secondary N) is 2. The average molecular weight is 310 g/mol. The van der Waals surface area contributed by atoms with Gasteiger partial charge in [-0.05, 0) is 36.2 Å². The van der Waals surface area contributed by atoms with Crippen molar-refractivity contribution in [1.82, 2.24) is 10.6 Å². The van der Waals surface area contributed by atoms with E-state index in [-0.39, 0.29) is 18.7 Å². The second kappa shape index (κ2) is 5.59. The fraction of sp³-hybridized carbons (Fsp3) is 0.278. The Morgan fingerprint density at radius 2 is 2.04 bits per heavy atom. The van der Waals surface area contributed by atoms with E-state index in [0.717, 1.165) is 13.1 Å². The molecule has 0 radical (unpaired) electrons. The first-order chi connectivity index (χ1) is 11.2. The predicted octanol–water partition coefficient (Wildman–Crippen LogP) is 2.30. The van der Waals surface area contributed by atoms with Crippen molar-refractivity contribution in [2.75, 3.05) is 13.3 Å². The number of hydrogen-bond donors (Lipinski definition) is 2. The van der Waals surface area contributed by atoms with E-state index in [1.165, 1.54) is 16.7 Å². The summed E-state index contributed by atoms with van der Waals surface area (Å²) in [5.41, 5.74) is 4.23. The van der Waals surface area contributed by atoms with Gasteiger partial charge < -0.3 is 20.1 Å². The van der Waals surface area contributed by atoms with Crippen LogP contribution >= 0.6 is 0 Å². The molecule has 2 aliphatic rings.